The molecule has 0 saturated heterocycles. The number of halogens is 2. The van der Waals surface area contributed by atoms with Crippen molar-refractivity contribution in [2.24, 2.45) is 4.99 Å². The molecule has 1 heterocycles. The Kier molecular flexibility index (Phi) is 10.4. The molecule has 0 bridgehead atoms. The predicted molar refractivity (Wildman–Crippen MR) is 126 cm³/mol. The first-order valence-electron chi connectivity index (χ1n) is 9.02. The molecule has 1 aromatic heterocycles. The summed E-state index contributed by atoms with van der Waals surface area (Å²) in [6, 6.07) is 8.94. The van der Waals surface area contributed by atoms with Crippen molar-refractivity contribution in [3.8, 4) is 0 Å². The summed E-state index contributed by atoms with van der Waals surface area (Å²) >= 11 is 1.52. The maximum absolute atomic E-state index is 13.9. The third kappa shape index (κ3) is 7.65. The van der Waals surface area contributed by atoms with Crippen LogP contribution in [0, 0.1) is 5.82 Å². The van der Waals surface area contributed by atoms with Crippen molar-refractivity contribution in [1.29, 1.82) is 0 Å². The number of aliphatic hydroxyl groups is 1. The molecule has 2 aromatic rings. The summed E-state index contributed by atoms with van der Waals surface area (Å²) in [6.07, 6.45) is 0. The summed E-state index contributed by atoms with van der Waals surface area (Å²) in [5, 5.41) is 19.0. The van der Waals surface area contributed by atoms with Crippen molar-refractivity contribution in [1.82, 2.24) is 15.5 Å². The monoisotopic (exact) mass is 520 g/mol. The summed E-state index contributed by atoms with van der Waals surface area (Å²) < 4.78 is 13.9. The average molecular weight is 520 g/mol. The summed E-state index contributed by atoms with van der Waals surface area (Å²) in [6.45, 7) is 5.80. The lowest BCUT2D eigenvalue weighted by Crippen LogP contribution is -2.44. The van der Waals surface area contributed by atoms with Gasteiger partial charge in [-0.25, -0.2) is 9.38 Å². The molecule has 0 saturated carbocycles. The van der Waals surface area contributed by atoms with E-state index in [1.165, 1.54) is 17.4 Å². The van der Waals surface area contributed by atoms with E-state index in [0.29, 0.717) is 37.7 Å². The molecular weight excluding hydrogens is 490 g/mol. The van der Waals surface area contributed by atoms with E-state index < -0.39 is 5.60 Å². The van der Waals surface area contributed by atoms with Crippen LogP contribution in [-0.2, 0) is 18.7 Å². The second-order valence-electron chi connectivity index (χ2n) is 6.96. The summed E-state index contributed by atoms with van der Waals surface area (Å²) in [4.78, 5) is 7.40. The highest BCUT2D eigenvalue weighted by Crippen LogP contribution is 2.24. The summed E-state index contributed by atoms with van der Waals surface area (Å²) in [7, 11) is 3.83. The minimum absolute atomic E-state index is 0. The highest BCUT2D eigenvalue weighted by molar-refractivity contribution is 14.0. The van der Waals surface area contributed by atoms with Gasteiger partial charge < -0.3 is 20.6 Å². The highest BCUT2D eigenvalue weighted by atomic mass is 127. The fourth-order valence-corrected chi connectivity index (χ4v) is 3.42. The number of hydrogen-bond acceptors (Lipinski definition) is 4. The Hall–Kier alpha value is -1.23. The van der Waals surface area contributed by atoms with Gasteiger partial charge in [-0.2, -0.15) is 0 Å². The molecule has 28 heavy (non-hydrogen) atoms. The molecule has 0 aliphatic heterocycles. The molecule has 156 valence electrons. The van der Waals surface area contributed by atoms with Crippen LogP contribution < -0.4 is 10.6 Å². The van der Waals surface area contributed by atoms with Gasteiger partial charge in [0.25, 0.3) is 0 Å². The molecule has 0 amide bonds. The van der Waals surface area contributed by atoms with Gasteiger partial charge in [-0.05, 0) is 57.1 Å². The van der Waals surface area contributed by atoms with Crippen LogP contribution in [0.4, 0.5) is 4.39 Å². The van der Waals surface area contributed by atoms with Gasteiger partial charge in [-0.3, -0.25) is 0 Å². The van der Waals surface area contributed by atoms with E-state index in [1.807, 2.05) is 49.5 Å². The van der Waals surface area contributed by atoms with Crippen molar-refractivity contribution >= 4 is 41.3 Å². The second kappa shape index (κ2) is 11.7. The highest BCUT2D eigenvalue weighted by Gasteiger charge is 2.24. The number of benzene rings is 1. The van der Waals surface area contributed by atoms with Crippen LogP contribution in [0.3, 0.4) is 0 Å². The fourth-order valence-electron chi connectivity index (χ4n) is 2.63. The van der Waals surface area contributed by atoms with Crippen LogP contribution in [0.25, 0.3) is 0 Å². The molecule has 8 heteroatoms. The van der Waals surface area contributed by atoms with E-state index in [0.717, 1.165) is 10.4 Å². The number of nitrogens with zero attached hydrogens (tertiary/aromatic N) is 2. The molecule has 0 radical (unpaired) electrons. The largest absolute Gasteiger partial charge is 0.383 e. The Balaban J connectivity index is 0.00000392. The quantitative estimate of drug-likeness (QED) is 0.283. The molecule has 0 aliphatic rings. The number of thiophene rings is 1. The first-order valence-corrected chi connectivity index (χ1v) is 9.90. The number of nitrogens with one attached hydrogen (secondary N) is 2. The van der Waals surface area contributed by atoms with E-state index >= 15 is 0 Å². The lowest BCUT2D eigenvalue weighted by Gasteiger charge is -2.23. The topological polar surface area (TPSA) is 59.9 Å². The van der Waals surface area contributed by atoms with Crippen LogP contribution >= 0.6 is 35.3 Å². The van der Waals surface area contributed by atoms with Gasteiger partial charge >= 0.3 is 0 Å². The maximum Gasteiger partial charge on any atom is 0.191 e. The van der Waals surface area contributed by atoms with E-state index in [4.69, 9.17) is 0 Å². The standard InChI is InChI=1S/C20H29FN4OS.HI/c1-5-22-19(24-14-20(2,26)18-7-6-10-27-18)23-12-15-8-9-17(21)16(11-15)13-25(3)4;/h6-11,26H,5,12-14H2,1-4H3,(H2,22,23,24);1H. The van der Waals surface area contributed by atoms with Crippen LogP contribution in [0.1, 0.15) is 29.9 Å². The molecule has 1 unspecified atom stereocenters. The van der Waals surface area contributed by atoms with Gasteiger partial charge in [0.2, 0.25) is 0 Å². The fraction of sp³-hybridized carbons (Fsp3) is 0.450. The minimum atomic E-state index is -0.973. The van der Waals surface area contributed by atoms with Gasteiger partial charge in [0.05, 0.1) is 13.1 Å². The van der Waals surface area contributed by atoms with Crippen molar-refractivity contribution in [3.63, 3.8) is 0 Å². The van der Waals surface area contributed by atoms with Gasteiger partial charge in [0, 0.05) is 23.5 Å². The molecular formula is C20H30FIN4OS. The lowest BCUT2D eigenvalue weighted by molar-refractivity contribution is 0.0655. The zero-order chi connectivity index (χ0) is 19.9. The van der Waals surface area contributed by atoms with E-state index in [2.05, 4.69) is 15.6 Å². The van der Waals surface area contributed by atoms with Gasteiger partial charge in [0.15, 0.2) is 5.96 Å². The molecule has 1 aromatic carbocycles. The first-order chi connectivity index (χ1) is 12.8. The van der Waals surface area contributed by atoms with E-state index in [9.17, 15) is 9.50 Å². The number of aliphatic imine (C=N–C) groups is 1. The normalized spacial score (nSPS) is 13.8. The predicted octanol–water partition coefficient (Wildman–Crippen LogP) is 3.53. The maximum atomic E-state index is 13.9. The average Bonchev–Trinajstić information content (AvgIpc) is 3.15. The molecule has 0 spiro atoms. The SMILES string of the molecule is CCNC(=NCc1ccc(F)c(CN(C)C)c1)NCC(C)(O)c1cccs1.I. The summed E-state index contributed by atoms with van der Waals surface area (Å²) in [5.74, 6) is 0.418. The third-order valence-corrected chi connectivity index (χ3v) is 5.14. The Bertz CT molecular complexity index is 751. The number of hydrogen-bond donors (Lipinski definition) is 3. The van der Waals surface area contributed by atoms with Crippen molar-refractivity contribution < 1.29 is 9.50 Å². The van der Waals surface area contributed by atoms with E-state index in [-0.39, 0.29) is 29.8 Å². The summed E-state index contributed by atoms with van der Waals surface area (Å²) in [5.41, 5.74) is 0.626. The minimum Gasteiger partial charge on any atom is -0.383 e. The van der Waals surface area contributed by atoms with Gasteiger partial charge in [0.1, 0.15) is 11.4 Å². The smallest absolute Gasteiger partial charge is 0.191 e. The molecule has 0 fully saturated rings. The van der Waals surface area contributed by atoms with Crippen LogP contribution in [-0.4, -0.2) is 43.2 Å². The van der Waals surface area contributed by atoms with Gasteiger partial charge in [-0.1, -0.05) is 12.1 Å². The van der Waals surface area contributed by atoms with Crippen LogP contribution in [0.15, 0.2) is 40.7 Å². The number of guanidine groups is 1. The molecule has 0 aliphatic carbocycles. The Morgan fingerprint density at radius 3 is 2.64 bits per heavy atom. The zero-order valence-corrected chi connectivity index (χ0v) is 20.0. The first kappa shape index (κ1) is 24.8. The zero-order valence-electron chi connectivity index (χ0n) is 16.8. The van der Waals surface area contributed by atoms with Crippen LogP contribution in [0.2, 0.25) is 0 Å². The Labute approximate surface area is 188 Å². The van der Waals surface area contributed by atoms with Crippen LogP contribution in [0.5, 0.6) is 0 Å². The Morgan fingerprint density at radius 2 is 2.04 bits per heavy atom. The van der Waals surface area contributed by atoms with Crippen molar-refractivity contribution in [2.45, 2.75) is 32.5 Å². The van der Waals surface area contributed by atoms with E-state index in [1.54, 1.807) is 13.0 Å². The molecule has 2 rings (SSSR count). The van der Waals surface area contributed by atoms with Crippen molar-refractivity contribution in [3.05, 3.63) is 57.5 Å². The molecule has 1 atom stereocenters. The third-order valence-electron chi connectivity index (χ3n) is 4.01. The number of rotatable bonds is 8. The lowest BCUT2D eigenvalue weighted by atomic mass is 10.1. The van der Waals surface area contributed by atoms with Crippen molar-refractivity contribution in [2.75, 3.05) is 27.2 Å². The molecule has 3 N–H and O–H groups in total. The second-order valence-corrected chi connectivity index (χ2v) is 7.91. The molecule has 5 nitrogen and oxygen atoms in total. The Morgan fingerprint density at radius 1 is 1.29 bits per heavy atom. The van der Waals surface area contributed by atoms with Gasteiger partial charge in [-0.15, -0.1) is 35.3 Å².